The molecule has 2 heterocycles. The minimum atomic E-state index is -0.920. The Hall–Kier alpha value is -1.88. The highest BCUT2D eigenvalue weighted by molar-refractivity contribution is 7.12. The largest absolute Gasteiger partial charge is 0.492 e. The molecule has 2 aromatic rings. The van der Waals surface area contributed by atoms with E-state index in [0.717, 1.165) is 5.56 Å². The number of hydrogen-bond donors (Lipinski definition) is 1. The molecule has 2 rings (SSSR count). The van der Waals surface area contributed by atoms with Crippen molar-refractivity contribution >= 4 is 17.3 Å². The van der Waals surface area contributed by atoms with Crippen LogP contribution in [0.4, 0.5) is 0 Å². The average Bonchev–Trinajstić information content (AvgIpc) is 2.79. The fourth-order valence-corrected chi connectivity index (χ4v) is 2.27. The third kappa shape index (κ3) is 2.45. The first-order chi connectivity index (χ1) is 8.22. The number of nitrogens with zero attached hydrogens (tertiary/aromatic N) is 1. The van der Waals surface area contributed by atoms with E-state index in [-0.39, 0.29) is 0 Å². The molecule has 0 atom stereocenters. The van der Waals surface area contributed by atoms with Crippen molar-refractivity contribution in [3.05, 3.63) is 34.8 Å². The third-order valence-corrected chi connectivity index (χ3v) is 3.10. The zero-order valence-corrected chi connectivity index (χ0v) is 10.0. The Kier molecular flexibility index (Phi) is 3.39. The van der Waals surface area contributed by atoms with Gasteiger partial charge >= 0.3 is 5.97 Å². The Morgan fingerprint density at radius 3 is 3.06 bits per heavy atom. The van der Waals surface area contributed by atoms with Crippen molar-refractivity contribution in [1.82, 2.24) is 4.98 Å². The molecule has 1 N–H and O–H groups in total. The molecule has 0 spiro atoms. The van der Waals surface area contributed by atoms with Crippen LogP contribution in [0.15, 0.2) is 29.9 Å². The minimum Gasteiger partial charge on any atom is -0.492 e. The minimum absolute atomic E-state index is 0.320. The van der Waals surface area contributed by atoms with E-state index in [1.807, 2.05) is 6.92 Å². The third-order valence-electron chi connectivity index (χ3n) is 2.19. The lowest BCUT2D eigenvalue weighted by Gasteiger charge is -2.05. The van der Waals surface area contributed by atoms with E-state index in [2.05, 4.69) is 4.98 Å². The molecular weight excluding hydrogens is 238 g/mol. The molecule has 0 aliphatic rings. The first kappa shape index (κ1) is 11.6. The summed E-state index contributed by atoms with van der Waals surface area (Å²) < 4.78 is 5.34. The van der Waals surface area contributed by atoms with E-state index in [0.29, 0.717) is 22.8 Å². The lowest BCUT2D eigenvalue weighted by Crippen LogP contribution is -1.96. The van der Waals surface area contributed by atoms with Crippen LogP contribution in [0.3, 0.4) is 0 Å². The second-order valence-corrected chi connectivity index (χ2v) is 4.23. The highest BCUT2D eigenvalue weighted by Crippen LogP contribution is 2.29. The van der Waals surface area contributed by atoms with Gasteiger partial charge in [0, 0.05) is 17.3 Å². The fraction of sp³-hybridized carbons (Fsp3) is 0.167. The molecule has 0 unspecified atom stereocenters. The number of rotatable bonds is 4. The van der Waals surface area contributed by atoms with Crippen molar-refractivity contribution in [1.29, 1.82) is 0 Å². The molecule has 2 aromatic heterocycles. The first-order valence-corrected chi connectivity index (χ1v) is 5.99. The van der Waals surface area contributed by atoms with Gasteiger partial charge in [0.25, 0.3) is 0 Å². The quantitative estimate of drug-likeness (QED) is 0.905. The molecule has 0 saturated heterocycles. The summed E-state index contributed by atoms with van der Waals surface area (Å²) in [6.07, 6.45) is 3.25. The Morgan fingerprint density at radius 1 is 1.53 bits per heavy atom. The zero-order chi connectivity index (χ0) is 12.3. The Labute approximate surface area is 103 Å². The number of thiophene rings is 1. The monoisotopic (exact) mass is 249 g/mol. The van der Waals surface area contributed by atoms with Gasteiger partial charge in [-0.1, -0.05) is 0 Å². The normalized spacial score (nSPS) is 10.2. The van der Waals surface area contributed by atoms with Crippen molar-refractivity contribution in [2.24, 2.45) is 0 Å². The lowest BCUT2D eigenvalue weighted by molar-refractivity contribution is 0.0703. The van der Waals surface area contributed by atoms with Gasteiger partial charge in [0.05, 0.1) is 12.8 Å². The molecule has 4 nitrogen and oxygen atoms in total. The number of ether oxygens (including phenoxy) is 1. The standard InChI is InChI=1S/C12H11NO3S/c1-2-16-9-5-8(6-13-7-9)10-3-4-17-11(10)12(14)15/h3-7H,2H2,1H3,(H,14,15). The van der Waals surface area contributed by atoms with Gasteiger partial charge in [-0.25, -0.2) is 4.79 Å². The number of pyridine rings is 1. The first-order valence-electron chi connectivity index (χ1n) is 5.11. The van der Waals surface area contributed by atoms with Gasteiger partial charge in [0.2, 0.25) is 0 Å². The molecular formula is C12H11NO3S. The molecule has 0 fully saturated rings. The Balaban J connectivity index is 2.42. The molecule has 5 heteroatoms. The lowest BCUT2D eigenvalue weighted by atomic mass is 10.1. The van der Waals surface area contributed by atoms with Crippen LogP contribution in [0.2, 0.25) is 0 Å². The van der Waals surface area contributed by atoms with Gasteiger partial charge in [0.1, 0.15) is 10.6 Å². The summed E-state index contributed by atoms with van der Waals surface area (Å²) in [4.78, 5) is 15.4. The summed E-state index contributed by atoms with van der Waals surface area (Å²) in [6.45, 7) is 2.44. The number of aromatic nitrogens is 1. The van der Waals surface area contributed by atoms with Crippen LogP contribution in [0.5, 0.6) is 5.75 Å². The van der Waals surface area contributed by atoms with Gasteiger partial charge in [-0.15, -0.1) is 11.3 Å². The van der Waals surface area contributed by atoms with Crippen LogP contribution < -0.4 is 4.74 Å². The fourth-order valence-electron chi connectivity index (χ4n) is 1.51. The van der Waals surface area contributed by atoms with Crippen LogP contribution in [0.1, 0.15) is 16.6 Å². The Morgan fingerprint density at radius 2 is 2.35 bits per heavy atom. The molecule has 0 saturated carbocycles. The summed E-state index contributed by atoms with van der Waals surface area (Å²) in [7, 11) is 0. The maximum atomic E-state index is 11.0. The van der Waals surface area contributed by atoms with Crippen molar-refractivity contribution in [3.63, 3.8) is 0 Å². The second kappa shape index (κ2) is 4.97. The number of carboxylic acid groups (broad SMARTS) is 1. The topological polar surface area (TPSA) is 59.4 Å². The van der Waals surface area contributed by atoms with Gasteiger partial charge in [0.15, 0.2) is 0 Å². The molecule has 0 bridgehead atoms. The van der Waals surface area contributed by atoms with Crippen molar-refractivity contribution in [2.75, 3.05) is 6.61 Å². The van der Waals surface area contributed by atoms with Crippen molar-refractivity contribution < 1.29 is 14.6 Å². The summed E-state index contributed by atoms with van der Waals surface area (Å²) in [6, 6.07) is 3.58. The molecule has 0 aliphatic heterocycles. The molecule has 0 amide bonds. The summed E-state index contributed by atoms with van der Waals surface area (Å²) >= 11 is 1.20. The van der Waals surface area contributed by atoms with E-state index in [1.165, 1.54) is 11.3 Å². The number of hydrogen-bond acceptors (Lipinski definition) is 4. The van der Waals surface area contributed by atoms with Crippen LogP contribution >= 0.6 is 11.3 Å². The molecule has 0 aromatic carbocycles. The molecule has 88 valence electrons. The van der Waals surface area contributed by atoms with Crippen LogP contribution in [-0.4, -0.2) is 22.7 Å². The van der Waals surface area contributed by atoms with E-state index in [1.54, 1.807) is 29.9 Å². The second-order valence-electron chi connectivity index (χ2n) is 3.31. The number of carboxylic acids is 1. The average molecular weight is 249 g/mol. The van der Waals surface area contributed by atoms with Crippen molar-refractivity contribution in [3.8, 4) is 16.9 Å². The summed E-state index contributed by atoms with van der Waals surface area (Å²) in [5.41, 5.74) is 1.44. The Bertz CT molecular complexity index is 536. The maximum absolute atomic E-state index is 11.0. The smallest absolute Gasteiger partial charge is 0.346 e. The SMILES string of the molecule is CCOc1cncc(-c2ccsc2C(=O)O)c1. The van der Waals surface area contributed by atoms with E-state index >= 15 is 0 Å². The molecule has 17 heavy (non-hydrogen) atoms. The van der Waals surface area contributed by atoms with Gasteiger partial charge in [-0.2, -0.15) is 0 Å². The van der Waals surface area contributed by atoms with E-state index in [4.69, 9.17) is 9.84 Å². The molecule has 0 radical (unpaired) electrons. The molecule has 0 aliphatic carbocycles. The van der Waals surface area contributed by atoms with E-state index < -0.39 is 5.97 Å². The number of aromatic carboxylic acids is 1. The van der Waals surface area contributed by atoms with Crippen LogP contribution in [-0.2, 0) is 0 Å². The van der Waals surface area contributed by atoms with Crippen LogP contribution in [0, 0.1) is 0 Å². The predicted molar refractivity (Wildman–Crippen MR) is 65.7 cm³/mol. The maximum Gasteiger partial charge on any atom is 0.346 e. The van der Waals surface area contributed by atoms with Gasteiger partial charge < -0.3 is 9.84 Å². The summed E-state index contributed by atoms with van der Waals surface area (Å²) in [5, 5.41) is 10.8. The predicted octanol–water partition coefficient (Wildman–Crippen LogP) is 2.91. The summed E-state index contributed by atoms with van der Waals surface area (Å²) in [5.74, 6) is -0.274. The zero-order valence-electron chi connectivity index (χ0n) is 9.21. The van der Waals surface area contributed by atoms with Gasteiger partial charge in [-0.3, -0.25) is 4.98 Å². The van der Waals surface area contributed by atoms with E-state index in [9.17, 15) is 4.79 Å². The highest BCUT2D eigenvalue weighted by Gasteiger charge is 2.13. The van der Waals surface area contributed by atoms with Gasteiger partial charge in [-0.05, 0) is 24.4 Å². The van der Waals surface area contributed by atoms with Crippen LogP contribution in [0.25, 0.3) is 11.1 Å². The highest BCUT2D eigenvalue weighted by atomic mass is 32.1. The number of carbonyl (C=O) groups is 1. The van der Waals surface area contributed by atoms with Crippen molar-refractivity contribution in [2.45, 2.75) is 6.92 Å².